The number of amides is 1. The van der Waals surface area contributed by atoms with E-state index >= 15 is 0 Å². The quantitative estimate of drug-likeness (QED) is 0.521. The minimum atomic E-state index is -0.562. The van der Waals surface area contributed by atoms with Crippen LogP contribution in [0, 0.1) is 0 Å². The molecule has 8 heavy (non-hydrogen) atoms. The molecule has 0 aliphatic heterocycles. The summed E-state index contributed by atoms with van der Waals surface area (Å²) < 4.78 is 0. The summed E-state index contributed by atoms with van der Waals surface area (Å²) in [7, 11) is 0. The molecule has 0 aliphatic rings. The molecule has 0 unspecified atom stereocenters. The molecule has 0 aromatic heterocycles. The smallest absolute Gasteiger partial charge is 0.224 e. The zero-order valence-electron chi connectivity index (χ0n) is 4.10. The Morgan fingerprint density at radius 3 is 1.88 bits per heavy atom. The molecule has 0 rings (SSSR count). The number of carbonyl (C=O) groups excluding carboxylic acids is 2. The van der Waals surface area contributed by atoms with Gasteiger partial charge >= 0.3 is 0 Å². The molecule has 0 spiro atoms. The number of hydrogen-bond acceptors (Lipinski definition) is 2. The number of primary amides is 1. The van der Waals surface area contributed by atoms with Gasteiger partial charge in [-0.3, -0.25) is 9.59 Å². The van der Waals surface area contributed by atoms with E-state index < -0.39 is 5.91 Å². The molecule has 2 N–H and O–H groups in total. The molecule has 0 saturated carbocycles. The second-order valence-electron chi connectivity index (χ2n) is 1.35. The minimum Gasteiger partial charge on any atom is -0.369 e. The van der Waals surface area contributed by atoms with Crippen molar-refractivity contribution >= 4 is 11.7 Å². The zero-order valence-corrected chi connectivity index (χ0v) is 4.10. The number of hydrogen-bond donors (Lipinski definition) is 1. The molecule has 0 atom stereocenters. The van der Waals surface area contributed by atoms with Crippen LogP contribution in [0.5, 0.6) is 0 Å². The van der Waals surface area contributed by atoms with Gasteiger partial charge in [0.2, 0.25) is 5.91 Å². The molecule has 0 saturated heterocycles. The zero-order chi connectivity index (χ0) is 5.86. The number of Topliss-reactive ketones (excluding diaryl/α,β-unsaturated/α-hetero) is 1. The highest BCUT2D eigenvalue weighted by Crippen LogP contribution is 1.75. The Hall–Kier alpha value is -0.860. The number of carbonyl (C=O) groups is 2. The maximum absolute atomic E-state index is 9.95. The van der Waals surface area contributed by atoms with Crippen molar-refractivity contribution in [3.63, 3.8) is 0 Å². The van der Waals surface area contributed by atoms with E-state index in [2.05, 4.69) is 5.73 Å². The number of nitrogens with two attached hydrogens (primary N) is 1. The van der Waals surface area contributed by atoms with Crippen molar-refractivity contribution in [2.75, 3.05) is 0 Å². The highest BCUT2D eigenvalue weighted by molar-refractivity contribution is 5.95. The van der Waals surface area contributed by atoms with Gasteiger partial charge in [0.25, 0.3) is 0 Å². The first-order valence-corrected chi connectivity index (χ1v) is 1.90. The van der Waals surface area contributed by atoms with Gasteiger partial charge in [0.15, 0.2) is 0 Å². The summed E-state index contributed by atoms with van der Waals surface area (Å²) in [5.74, 6) is -0.750. The highest BCUT2D eigenvalue weighted by atomic mass is 16.2. The van der Waals surface area contributed by atoms with Crippen molar-refractivity contribution in [1.82, 2.24) is 0 Å². The fourth-order valence-corrected chi connectivity index (χ4v) is 0.245. The number of rotatable bonds is 2. The molecule has 0 heterocycles. The Labute approximate surface area is 48.9 Å². The molecular weight excluding hydrogens is 106 g/mol. The van der Waals surface area contributed by atoms with Crippen LogP contribution in [0.3, 0.4) is 0 Å². The van der Waals surface area contributed by atoms with Crippen LogP contribution in [0.4, 0.5) is 0 Å². The van der Waals surface area contributed by atoms with E-state index in [1.165, 1.54) is 6.92 Å². The molecule has 0 aromatic rings. The Bertz CT molecular complexity index is 86.6. The fraction of sp³-hybridized carbons (Fsp3) is 0.600. The van der Waals surface area contributed by atoms with Gasteiger partial charge in [-0.15, -0.1) is 0 Å². The van der Waals surface area contributed by atoms with Gasteiger partial charge in [-0.05, 0) is 6.92 Å². The molecule has 48 valence electrons. The van der Waals surface area contributed by atoms with Gasteiger partial charge in [0, 0.05) is 0 Å². The number of ketones is 1. The topological polar surface area (TPSA) is 60.2 Å². The van der Waals surface area contributed by atoms with Gasteiger partial charge in [0.1, 0.15) is 5.78 Å². The monoisotopic (exact) mass is 117 g/mol. The summed E-state index contributed by atoms with van der Waals surface area (Å²) in [5, 5.41) is 0. The lowest BCUT2D eigenvalue weighted by atomic mass is 10.3. The molecule has 0 bridgehead atoms. The van der Waals surface area contributed by atoms with Crippen LogP contribution in [0.2, 0.25) is 0 Å². The SMILES string of the molecule is C.CC(=O)CC(N)=O. The van der Waals surface area contributed by atoms with E-state index in [9.17, 15) is 9.59 Å². The molecular formula is C5H11NO2. The van der Waals surface area contributed by atoms with Gasteiger partial charge in [-0.2, -0.15) is 0 Å². The van der Waals surface area contributed by atoms with Crippen LogP contribution in [0.15, 0.2) is 0 Å². The summed E-state index contributed by atoms with van der Waals surface area (Å²) in [4.78, 5) is 19.8. The van der Waals surface area contributed by atoms with Crippen LogP contribution >= 0.6 is 0 Å². The summed E-state index contributed by atoms with van der Waals surface area (Å²) in [5.41, 5.74) is 4.63. The van der Waals surface area contributed by atoms with Gasteiger partial charge < -0.3 is 5.73 Å². The van der Waals surface area contributed by atoms with Crippen molar-refractivity contribution in [2.24, 2.45) is 5.73 Å². The van der Waals surface area contributed by atoms with E-state index in [0.29, 0.717) is 0 Å². The first kappa shape index (κ1) is 10.2. The maximum Gasteiger partial charge on any atom is 0.224 e. The average Bonchev–Trinajstić information content (AvgIpc) is 1.27. The predicted octanol–water partition coefficient (Wildman–Crippen LogP) is 0.0869. The van der Waals surface area contributed by atoms with E-state index in [-0.39, 0.29) is 19.6 Å². The standard InChI is InChI=1S/C4H7NO2.CH4/c1-3(6)2-4(5)7;/h2H2,1H3,(H2,5,7);1H4. The maximum atomic E-state index is 9.95. The largest absolute Gasteiger partial charge is 0.369 e. The molecule has 3 nitrogen and oxygen atoms in total. The van der Waals surface area contributed by atoms with Crippen LogP contribution in [0.1, 0.15) is 20.8 Å². The van der Waals surface area contributed by atoms with Crippen LogP contribution in [-0.4, -0.2) is 11.7 Å². The first-order chi connectivity index (χ1) is 3.13. The highest BCUT2D eigenvalue weighted by Gasteiger charge is 1.95. The molecule has 0 aliphatic carbocycles. The van der Waals surface area contributed by atoms with Gasteiger partial charge in [0.05, 0.1) is 6.42 Å². The lowest BCUT2D eigenvalue weighted by Gasteiger charge is -1.82. The van der Waals surface area contributed by atoms with E-state index in [4.69, 9.17) is 0 Å². The van der Waals surface area contributed by atoms with Gasteiger partial charge in [-0.1, -0.05) is 7.43 Å². The van der Waals surface area contributed by atoms with Crippen molar-refractivity contribution in [2.45, 2.75) is 20.8 Å². The van der Waals surface area contributed by atoms with Crippen molar-refractivity contribution in [3.8, 4) is 0 Å². The second-order valence-corrected chi connectivity index (χ2v) is 1.35. The second kappa shape index (κ2) is 4.30. The van der Waals surface area contributed by atoms with Crippen molar-refractivity contribution in [3.05, 3.63) is 0 Å². The molecule has 1 amide bonds. The lowest BCUT2D eigenvalue weighted by molar-refractivity contribution is -0.125. The molecule has 0 fully saturated rings. The summed E-state index contributed by atoms with van der Waals surface area (Å²) in [6, 6.07) is 0. The predicted molar refractivity (Wildman–Crippen MR) is 31.2 cm³/mol. The minimum absolute atomic E-state index is 0. The third-order valence-electron chi connectivity index (χ3n) is 0.423. The van der Waals surface area contributed by atoms with Crippen LogP contribution in [0.25, 0.3) is 0 Å². The normalized spacial score (nSPS) is 7.12. The molecule has 0 aromatic carbocycles. The van der Waals surface area contributed by atoms with E-state index in [1.807, 2.05) is 0 Å². The third-order valence-corrected chi connectivity index (χ3v) is 0.423. The van der Waals surface area contributed by atoms with Crippen LogP contribution in [-0.2, 0) is 9.59 Å². The average molecular weight is 117 g/mol. The van der Waals surface area contributed by atoms with E-state index in [0.717, 1.165) is 0 Å². The Morgan fingerprint density at radius 2 is 1.88 bits per heavy atom. The lowest BCUT2D eigenvalue weighted by Crippen LogP contribution is -2.13. The first-order valence-electron chi connectivity index (χ1n) is 1.90. The summed E-state index contributed by atoms with van der Waals surface area (Å²) in [6.45, 7) is 1.32. The molecule has 3 heteroatoms. The van der Waals surface area contributed by atoms with E-state index in [1.54, 1.807) is 0 Å². The Balaban J connectivity index is 0. The van der Waals surface area contributed by atoms with Gasteiger partial charge in [-0.25, -0.2) is 0 Å². The van der Waals surface area contributed by atoms with Crippen LogP contribution < -0.4 is 5.73 Å². The van der Waals surface area contributed by atoms with Crippen molar-refractivity contribution < 1.29 is 9.59 Å². The third kappa shape index (κ3) is 8.94. The fourth-order valence-electron chi connectivity index (χ4n) is 0.245. The summed E-state index contributed by atoms with van der Waals surface area (Å²) in [6.07, 6.45) is -0.139. The summed E-state index contributed by atoms with van der Waals surface area (Å²) >= 11 is 0. The Kier molecular flexibility index (Phi) is 5.48. The molecule has 0 radical (unpaired) electrons. The Morgan fingerprint density at radius 1 is 1.50 bits per heavy atom. The van der Waals surface area contributed by atoms with Crippen molar-refractivity contribution in [1.29, 1.82) is 0 Å².